The molecule has 0 saturated carbocycles. The van der Waals surface area contributed by atoms with Crippen LogP contribution in [0.1, 0.15) is 63.7 Å². The largest absolute Gasteiger partial charge is 0.495 e. The van der Waals surface area contributed by atoms with Crippen LogP contribution in [0.4, 0.5) is 0 Å². The maximum absolute atomic E-state index is 13.5. The molecule has 0 radical (unpaired) electrons. The number of hydrogen-bond acceptors (Lipinski definition) is 6. The Morgan fingerprint density at radius 1 is 1.15 bits per heavy atom. The van der Waals surface area contributed by atoms with E-state index in [1.165, 1.54) is 13.2 Å². The molecule has 1 saturated heterocycles. The van der Waals surface area contributed by atoms with Gasteiger partial charge in [-0.25, -0.2) is 13.1 Å². The zero-order chi connectivity index (χ0) is 24.5. The maximum atomic E-state index is 13.5. The standard InChI is InChI=1S/C24H41N3O5S/c1-6-7-8-9-12-27(14-13-26-15-17-32-18-16-26)23(28)20-10-11-21(31-5)22(19-20)33(29,30)25-24(2,3)4/h10-11,19,25H,6-9,12-18H2,1-5H3. The molecule has 1 heterocycles. The summed E-state index contributed by atoms with van der Waals surface area (Å²) >= 11 is 0. The number of unbranched alkanes of at least 4 members (excludes halogenated alkanes) is 3. The van der Waals surface area contributed by atoms with Crippen LogP contribution in [0.25, 0.3) is 0 Å². The highest BCUT2D eigenvalue weighted by atomic mass is 32.2. The van der Waals surface area contributed by atoms with Crippen LogP contribution >= 0.6 is 0 Å². The molecule has 0 spiro atoms. The zero-order valence-corrected chi connectivity index (χ0v) is 21.7. The van der Waals surface area contributed by atoms with Crippen molar-refractivity contribution in [1.82, 2.24) is 14.5 Å². The number of morpholine rings is 1. The van der Waals surface area contributed by atoms with Gasteiger partial charge in [0.15, 0.2) is 0 Å². The van der Waals surface area contributed by atoms with E-state index >= 15 is 0 Å². The van der Waals surface area contributed by atoms with Gasteiger partial charge in [-0.2, -0.15) is 0 Å². The lowest BCUT2D eigenvalue weighted by molar-refractivity contribution is 0.0324. The van der Waals surface area contributed by atoms with E-state index in [2.05, 4.69) is 16.5 Å². The molecule has 8 nitrogen and oxygen atoms in total. The smallest absolute Gasteiger partial charge is 0.253 e. The van der Waals surface area contributed by atoms with Crippen LogP contribution in [0.2, 0.25) is 0 Å². The second-order valence-electron chi connectivity index (χ2n) is 9.53. The van der Waals surface area contributed by atoms with Gasteiger partial charge < -0.3 is 14.4 Å². The highest BCUT2D eigenvalue weighted by Gasteiger charge is 2.27. The molecular formula is C24H41N3O5S. The molecule has 9 heteroatoms. The second-order valence-corrected chi connectivity index (χ2v) is 11.2. The van der Waals surface area contributed by atoms with Crippen LogP contribution in [0.5, 0.6) is 5.75 Å². The van der Waals surface area contributed by atoms with E-state index in [0.717, 1.165) is 45.3 Å². The normalized spacial score (nSPS) is 15.4. The van der Waals surface area contributed by atoms with E-state index < -0.39 is 15.6 Å². The number of nitrogens with zero attached hydrogens (tertiary/aromatic N) is 2. The van der Waals surface area contributed by atoms with Crippen molar-refractivity contribution in [3.8, 4) is 5.75 Å². The number of carbonyl (C=O) groups excluding carboxylic acids is 1. The van der Waals surface area contributed by atoms with Gasteiger partial charge in [0.25, 0.3) is 5.91 Å². The first kappa shape index (κ1) is 27.6. The van der Waals surface area contributed by atoms with E-state index in [1.807, 2.05) is 4.90 Å². The lowest BCUT2D eigenvalue weighted by Gasteiger charge is -2.30. The number of benzene rings is 1. The lowest BCUT2D eigenvalue weighted by atomic mass is 10.1. The van der Waals surface area contributed by atoms with Gasteiger partial charge in [-0.15, -0.1) is 0 Å². The van der Waals surface area contributed by atoms with Gasteiger partial charge in [-0.1, -0.05) is 26.2 Å². The first-order chi connectivity index (χ1) is 15.6. The predicted molar refractivity (Wildman–Crippen MR) is 130 cm³/mol. The Kier molecular flexibility index (Phi) is 10.6. The number of hydrogen-bond donors (Lipinski definition) is 1. The summed E-state index contributed by atoms with van der Waals surface area (Å²) in [5.74, 6) is 0.0562. The number of carbonyl (C=O) groups is 1. The molecule has 1 N–H and O–H groups in total. The van der Waals surface area contributed by atoms with Crippen molar-refractivity contribution >= 4 is 15.9 Å². The summed E-state index contributed by atoms with van der Waals surface area (Å²) in [6.45, 7) is 12.7. The first-order valence-corrected chi connectivity index (χ1v) is 13.4. The SMILES string of the molecule is CCCCCCN(CCN1CCOCC1)C(=O)c1ccc(OC)c(S(=O)(=O)NC(C)(C)C)c1. The number of ether oxygens (including phenoxy) is 2. The molecule has 33 heavy (non-hydrogen) atoms. The summed E-state index contributed by atoms with van der Waals surface area (Å²) in [6, 6.07) is 4.63. The third kappa shape index (κ3) is 8.88. The van der Waals surface area contributed by atoms with Gasteiger partial charge in [0.1, 0.15) is 10.6 Å². The Morgan fingerprint density at radius 2 is 1.85 bits per heavy atom. The van der Waals surface area contributed by atoms with Crippen molar-refractivity contribution in [2.75, 3.05) is 53.0 Å². The Morgan fingerprint density at radius 3 is 2.45 bits per heavy atom. The fourth-order valence-electron chi connectivity index (χ4n) is 3.79. The summed E-state index contributed by atoms with van der Waals surface area (Å²) in [5.41, 5.74) is -0.310. The molecule has 0 unspecified atom stereocenters. The van der Waals surface area contributed by atoms with Gasteiger partial charge in [0, 0.05) is 43.8 Å². The van der Waals surface area contributed by atoms with E-state index in [4.69, 9.17) is 9.47 Å². The summed E-state index contributed by atoms with van der Waals surface area (Å²) in [4.78, 5) is 17.6. The molecule has 0 bridgehead atoms. The summed E-state index contributed by atoms with van der Waals surface area (Å²) in [7, 11) is -2.44. The fourth-order valence-corrected chi connectivity index (χ4v) is 5.41. The molecule has 1 aliphatic rings. The molecule has 1 fully saturated rings. The van der Waals surface area contributed by atoms with Crippen LogP contribution < -0.4 is 9.46 Å². The molecule has 2 rings (SSSR count). The number of amides is 1. The van der Waals surface area contributed by atoms with E-state index in [9.17, 15) is 13.2 Å². The number of methoxy groups -OCH3 is 1. The van der Waals surface area contributed by atoms with E-state index in [1.54, 1.807) is 32.9 Å². The minimum atomic E-state index is -3.86. The van der Waals surface area contributed by atoms with Crippen LogP contribution in [-0.2, 0) is 14.8 Å². The topological polar surface area (TPSA) is 88.2 Å². The minimum Gasteiger partial charge on any atom is -0.495 e. The molecule has 1 amide bonds. The Balaban J connectivity index is 2.25. The molecule has 188 valence electrons. The van der Waals surface area contributed by atoms with Gasteiger partial charge >= 0.3 is 0 Å². The van der Waals surface area contributed by atoms with Gasteiger partial charge in [-0.3, -0.25) is 9.69 Å². The number of nitrogens with one attached hydrogen (secondary N) is 1. The molecule has 0 aliphatic carbocycles. The van der Waals surface area contributed by atoms with Crippen molar-refractivity contribution in [3.63, 3.8) is 0 Å². The van der Waals surface area contributed by atoms with Crippen molar-refractivity contribution in [2.45, 2.75) is 63.8 Å². The van der Waals surface area contributed by atoms with Crippen LogP contribution in [-0.4, -0.2) is 82.7 Å². The zero-order valence-electron chi connectivity index (χ0n) is 20.9. The number of sulfonamides is 1. The highest BCUT2D eigenvalue weighted by Crippen LogP contribution is 2.27. The monoisotopic (exact) mass is 483 g/mol. The second kappa shape index (κ2) is 12.7. The summed E-state index contributed by atoms with van der Waals surface area (Å²) in [5, 5.41) is 0. The van der Waals surface area contributed by atoms with Gasteiger partial charge in [-0.05, 0) is 45.4 Å². The summed E-state index contributed by atoms with van der Waals surface area (Å²) in [6.07, 6.45) is 4.25. The molecule has 1 aromatic carbocycles. The van der Waals surface area contributed by atoms with Crippen molar-refractivity contribution in [3.05, 3.63) is 23.8 Å². The molecule has 0 aromatic heterocycles. The maximum Gasteiger partial charge on any atom is 0.253 e. The quantitative estimate of drug-likeness (QED) is 0.460. The molecule has 1 aromatic rings. The third-order valence-corrected chi connectivity index (χ3v) is 7.28. The molecule has 0 atom stereocenters. The number of rotatable bonds is 12. The average Bonchev–Trinajstić information content (AvgIpc) is 2.77. The Labute approximate surface area is 199 Å². The first-order valence-electron chi connectivity index (χ1n) is 11.9. The predicted octanol–water partition coefficient (Wildman–Crippen LogP) is 3.13. The van der Waals surface area contributed by atoms with Crippen molar-refractivity contribution in [1.29, 1.82) is 0 Å². The molecular weight excluding hydrogens is 442 g/mol. The lowest BCUT2D eigenvalue weighted by Crippen LogP contribution is -2.43. The van der Waals surface area contributed by atoms with Crippen LogP contribution in [0.3, 0.4) is 0 Å². The van der Waals surface area contributed by atoms with Crippen molar-refractivity contribution < 1.29 is 22.7 Å². The van der Waals surface area contributed by atoms with Gasteiger partial charge in [0.05, 0.1) is 20.3 Å². The average molecular weight is 484 g/mol. The Hall–Kier alpha value is -1.68. The van der Waals surface area contributed by atoms with Crippen molar-refractivity contribution in [2.24, 2.45) is 0 Å². The highest BCUT2D eigenvalue weighted by molar-refractivity contribution is 7.89. The Bertz CT molecular complexity index is 861. The van der Waals surface area contributed by atoms with E-state index in [-0.39, 0.29) is 16.6 Å². The molecule has 1 aliphatic heterocycles. The minimum absolute atomic E-state index is 0.0233. The third-order valence-electron chi connectivity index (χ3n) is 5.50. The summed E-state index contributed by atoms with van der Waals surface area (Å²) < 4.78 is 39.4. The fraction of sp³-hybridized carbons (Fsp3) is 0.708. The van der Waals surface area contributed by atoms with Crippen LogP contribution in [0.15, 0.2) is 23.1 Å². The van der Waals surface area contributed by atoms with Gasteiger partial charge in [0.2, 0.25) is 10.0 Å². The van der Waals surface area contributed by atoms with Crippen LogP contribution in [0, 0.1) is 0 Å². The van der Waals surface area contributed by atoms with E-state index in [0.29, 0.717) is 31.9 Å².